The van der Waals surface area contributed by atoms with Gasteiger partial charge in [-0.25, -0.2) is 14.4 Å². The third kappa shape index (κ3) is 27.1. The minimum absolute atomic E-state index is 0.0240. The third-order valence-electron chi connectivity index (χ3n) is 25.2. The van der Waals surface area contributed by atoms with Crippen molar-refractivity contribution in [3.63, 3.8) is 0 Å². The quantitative estimate of drug-likeness (QED) is 0.00566. The molecule has 31 nitrogen and oxygen atoms in total. The molecule has 3 unspecified atom stereocenters. The van der Waals surface area contributed by atoms with E-state index in [9.17, 15) is 94.0 Å². The van der Waals surface area contributed by atoms with Crippen molar-refractivity contribution in [3.8, 4) is 0 Å². The lowest BCUT2D eigenvalue weighted by Gasteiger charge is -2.37. The summed E-state index contributed by atoms with van der Waals surface area (Å²) in [5.41, 5.74) is 15.0. The van der Waals surface area contributed by atoms with Crippen molar-refractivity contribution in [1.82, 2.24) is 26.6 Å². The van der Waals surface area contributed by atoms with Crippen molar-refractivity contribution in [2.45, 2.75) is 237 Å². The molecule has 2 aliphatic carbocycles. The van der Waals surface area contributed by atoms with E-state index >= 15 is 0 Å². The van der Waals surface area contributed by atoms with Crippen LogP contribution < -0.4 is 52.3 Å². The Balaban J connectivity index is 0.803. The van der Waals surface area contributed by atoms with E-state index in [-0.39, 0.29) is 92.0 Å². The van der Waals surface area contributed by atoms with E-state index in [1.165, 1.54) is 35.2 Å². The highest BCUT2D eigenvalue weighted by Gasteiger charge is 2.47. The summed E-state index contributed by atoms with van der Waals surface area (Å²) in [4.78, 5) is 155. The second-order valence-corrected chi connectivity index (χ2v) is 39.9. The van der Waals surface area contributed by atoms with Crippen LogP contribution in [0.2, 0.25) is 0 Å². The first-order valence-electron chi connectivity index (χ1n) is 45.0. The van der Waals surface area contributed by atoms with Gasteiger partial charge in [0, 0.05) is 121 Å². The van der Waals surface area contributed by atoms with Gasteiger partial charge >= 0.3 is 30.0 Å². The molecule has 5 aliphatic rings. The topological polar surface area (TPSA) is 468 Å². The Morgan fingerprint density at radius 3 is 1.98 bits per heavy atom. The number of allylic oxidation sites excluding steroid dienone is 8. The van der Waals surface area contributed by atoms with Crippen LogP contribution in [0.5, 0.6) is 0 Å². The van der Waals surface area contributed by atoms with Crippen LogP contribution in [0.3, 0.4) is 0 Å². The molecule has 1 fully saturated rings. The minimum atomic E-state index is -4.51. The number of nitrogens with two attached hydrogens (primary N) is 1. The van der Waals surface area contributed by atoms with Gasteiger partial charge in [0.1, 0.15) is 23.6 Å². The van der Waals surface area contributed by atoms with Crippen LogP contribution in [-0.4, -0.2) is 191 Å². The zero-order chi connectivity index (χ0) is 95.5. The molecular weight excluding hydrogens is 1740 g/mol. The second kappa shape index (κ2) is 45.0. The molecule has 131 heavy (non-hydrogen) atoms. The van der Waals surface area contributed by atoms with E-state index in [0.29, 0.717) is 55.0 Å². The van der Waals surface area contributed by atoms with Crippen molar-refractivity contribution < 1.29 is 98.6 Å². The Morgan fingerprint density at radius 1 is 0.649 bits per heavy atom. The molecule has 5 aromatic rings. The predicted octanol–water partition coefficient (Wildman–Crippen LogP) is 13.6. The van der Waals surface area contributed by atoms with Gasteiger partial charge < -0.3 is 67.7 Å². The molecule has 0 aromatic heterocycles. The van der Waals surface area contributed by atoms with Gasteiger partial charge in [0.2, 0.25) is 17.5 Å². The number of hydrogen-bond donors (Lipinski definition) is 12. The van der Waals surface area contributed by atoms with Gasteiger partial charge in [-0.1, -0.05) is 158 Å². The minimum Gasteiger partial charge on any atom is -0.481 e. The van der Waals surface area contributed by atoms with E-state index in [1.807, 2.05) is 62.4 Å². The Morgan fingerprint density at radius 2 is 1.32 bits per heavy atom. The van der Waals surface area contributed by atoms with Crippen LogP contribution in [0.15, 0.2) is 161 Å². The van der Waals surface area contributed by atoms with Gasteiger partial charge in [-0.15, -0.1) is 0 Å². The number of primary amides is 1. The van der Waals surface area contributed by atoms with E-state index in [0.717, 1.165) is 113 Å². The predicted molar refractivity (Wildman–Crippen MR) is 505 cm³/mol. The number of nitrogens with zero attached hydrogens (tertiary/aromatic N) is 4. The average Bonchev–Trinajstić information content (AvgIpc) is 1.58. The van der Waals surface area contributed by atoms with Gasteiger partial charge in [0.05, 0.1) is 52.4 Å². The second-order valence-electron chi connectivity index (χ2n) is 36.5. The van der Waals surface area contributed by atoms with Gasteiger partial charge in [-0.05, 0) is 174 Å². The Bertz CT molecular complexity index is 5550. The lowest BCUT2D eigenvalue weighted by atomic mass is 9.79. The number of carboxylic acids is 3. The van der Waals surface area contributed by atoms with E-state index in [4.69, 9.17) is 18.0 Å². The van der Waals surface area contributed by atoms with Crippen molar-refractivity contribution in [2.75, 3.05) is 65.0 Å². The van der Waals surface area contributed by atoms with Gasteiger partial charge in [0.25, 0.3) is 26.1 Å². The molecule has 1 saturated carbocycles. The third-order valence-corrected chi connectivity index (χ3v) is 27.2. The van der Waals surface area contributed by atoms with E-state index in [1.54, 1.807) is 45.0 Å². The number of aliphatic carboxylic acids is 3. The molecule has 10 rings (SSSR count). The number of nitrogens with one attached hydrogen (secondary N) is 6. The highest BCUT2D eigenvalue weighted by atomic mass is 32.2. The first kappa shape index (κ1) is 102. The number of thiocarbonyl (C=S) groups is 1. The Kier molecular flexibility index (Phi) is 34.9. The van der Waals surface area contributed by atoms with Crippen LogP contribution >= 0.6 is 12.2 Å². The molecule has 13 N–H and O–H groups in total. The van der Waals surface area contributed by atoms with E-state index < -0.39 is 158 Å². The highest BCUT2D eigenvalue weighted by Crippen LogP contribution is 2.49. The molecule has 5 aromatic carbocycles. The summed E-state index contributed by atoms with van der Waals surface area (Å²) in [6.07, 6.45) is 14.6. The van der Waals surface area contributed by atoms with Gasteiger partial charge in [0.15, 0.2) is 23.1 Å². The number of Topliss-reactive ketones (excluding diaryl/α,β-unsaturated/α-hetero) is 3. The Labute approximate surface area is 771 Å². The number of rotatable bonds is 44. The molecule has 3 heterocycles. The van der Waals surface area contributed by atoms with Crippen molar-refractivity contribution in [3.05, 3.63) is 184 Å². The number of ketones is 3. The number of carbonyl (C=O) groups excluding carboxylic acids is 8. The molecule has 7 amide bonds. The smallest absolute Gasteiger partial charge is 0.326 e. The molecule has 34 heteroatoms. The Hall–Kier alpha value is -11.6. The molecule has 0 bridgehead atoms. The summed E-state index contributed by atoms with van der Waals surface area (Å²) in [5.74, 6) is -12.2. The number of unbranched alkanes of at least 4 members (excludes halogenated alkanes) is 3. The first-order chi connectivity index (χ1) is 61.9. The molecule has 704 valence electrons. The summed E-state index contributed by atoms with van der Waals surface area (Å²) >= 11 is 5.94. The summed E-state index contributed by atoms with van der Waals surface area (Å²) in [6, 6.07) is 27.7. The maximum Gasteiger partial charge on any atom is 0.326 e. The standard InChI is InChI=1S/C97H123N11O20S3/c1-9-10-51-105-77-45-44-70(131(126,127)128)58-72(77)97(7,8)83(105)47-42-62-26-22-25-61(41-46-82-96(5,6)71-31-14-15-34-76(71)106(82)52-20-21-53-130(123,124)125)87(62)63-37-39-64(40-38-63)90(129)99-49-19-18-32-74(92(119)120)103-89(117)67(57-86(114)115)56-81(110)73(33-24-50-100-93(98)121)102-88(116)66(43-48-85(112)113)55-80(109)65-27-23-28-68(54-65)101-94(122)104-75-59-107(69-29-12-11-13-30-69)78-35-16-17-36-79(78)108(91(75)118)60-84(111)95(2,3)4/h14-17,23,27-28,31,34-42,44-47,54,58,66-67,69,73-75H,9-13,18-22,24-26,29-30,32-33,43,48-53,55-57,59-60H2,1-8H3,(H12-,98,99,100,101,102,103,104,112,113,114,115,116,117,119,120,121,122,123,124,125,126,127,128,129)/p+1/t66?,67?,73?,74-,75+/m0/s1. The van der Waals surface area contributed by atoms with Crippen LogP contribution in [-0.2, 0) is 69.4 Å². The number of amides is 7. The average molecular weight is 1860 g/mol. The van der Waals surface area contributed by atoms with E-state index in [2.05, 4.69) is 103 Å². The fraction of sp³-hybridized carbons (Fsp3) is 0.474. The lowest BCUT2D eigenvalue weighted by molar-refractivity contribution is -0.438. The molecule has 0 radical (unpaired) electrons. The molecule has 5 atom stereocenters. The van der Waals surface area contributed by atoms with Gasteiger partial charge in [-0.3, -0.25) is 47.5 Å². The van der Waals surface area contributed by atoms with Crippen LogP contribution in [0.4, 0.5) is 38.0 Å². The number of anilines is 4. The van der Waals surface area contributed by atoms with Crippen molar-refractivity contribution in [2.24, 2.45) is 23.0 Å². The summed E-state index contributed by atoms with van der Waals surface area (Å²) in [6.45, 7) is 16.9. The number of para-hydroxylation sites is 3. The zero-order valence-corrected chi connectivity index (χ0v) is 78.1. The number of carbonyl (C=O) groups is 11. The number of hydrogen-bond acceptors (Lipinski definition) is 18. The maximum absolute atomic E-state index is 14.7. The zero-order valence-electron chi connectivity index (χ0n) is 75.7. The normalized spacial score (nSPS) is 17.8. The summed E-state index contributed by atoms with van der Waals surface area (Å²) in [5, 5.41) is 46.6. The first-order valence-corrected chi connectivity index (χ1v) is 48.5. The molecule has 3 aliphatic heterocycles. The highest BCUT2D eigenvalue weighted by molar-refractivity contribution is 7.86. The fourth-order valence-electron chi connectivity index (χ4n) is 18.0. The number of benzene rings is 5. The molecule has 0 spiro atoms. The number of urea groups is 2. The largest absolute Gasteiger partial charge is 0.481 e. The van der Waals surface area contributed by atoms with Gasteiger partial charge in [-0.2, -0.15) is 21.4 Å². The number of fused-ring (bicyclic) bond motifs is 3. The number of carboxylic acid groups (broad SMARTS) is 3. The van der Waals surface area contributed by atoms with Crippen molar-refractivity contribution in [1.29, 1.82) is 0 Å². The SMILES string of the molecule is CCCC[N+]1=C(/C=C/C2=C(c3ccc(C(=S)NCCCC[C@H](NC(=O)C(CC(=O)O)CC(=O)C(CCCNC(N)=O)NC(=O)C(CCC(=O)O)CC(=O)c4cccc(NC(=O)N[C@@H]5CN(C6CCCCC6)c6ccccc6N(CC(=O)C(C)(C)C)C5=O)c4)C(=O)O)cc3)C(=C/C=C3/N(CCCCS(=O)(=O)O)c4ccccc4C3(C)C)/CCC2)C(C)(C)c2cc(S(=O)(=O)O)ccc21. The monoisotopic (exact) mass is 1860 g/mol. The lowest BCUT2D eigenvalue weighted by Crippen LogP contribution is -2.55. The molecule has 0 saturated heterocycles. The van der Waals surface area contributed by atoms with Crippen LogP contribution in [0.25, 0.3) is 5.57 Å². The fourth-order valence-corrected chi connectivity index (χ4v) is 19.3. The summed E-state index contributed by atoms with van der Waals surface area (Å²) < 4.78 is 70.5. The maximum atomic E-state index is 14.7. The molecular formula is C97H124N11O20S3+. The van der Waals surface area contributed by atoms with Crippen LogP contribution in [0.1, 0.15) is 229 Å². The van der Waals surface area contributed by atoms with Crippen LogP contribution in [0, 0.1) is 17.3 Å². The van der Waals surface area contributed by atoms with Crippen molar-refractivity contribution >= 4 is 142 Å². The summed E-state index contributed by atoms with van der Waals surface area (Å²) in [7, 11) is -8.68.